The minimum Gasteiger partial charge on any atom is -0.366 e. The fraction of sp³-hybridized carbons (Fsp3) is 0.586. The van der Waals surface area contributed by atoms with Crippen LogP contribution in [0.25, 0.3) is 0 Å². The predicted octanol–water partition coefficient (Wildman–Crippen LogP) is 4.05. The van der Waals surface area contributed by atoms with Gasteiger partial charge in [0, 0.05) is 61.8 Å². The summed E-state index contributed by atoms with van der Waals surface area (Å²) in [4.78, 5) is 37.3. The van der Waals surface area contributed by atoms with E-state index in [1.807, 2.05) is 18.7 Å². The molecule has 0 aromatic heterocycles. The predicted molar refractivity (Wildman–Crippen MR) is 156 cm³/mol. The monoisotopic (exact) mass is 577 g/mol. The zero-order chi connectivity index (χ0) is 30.2. The Morgan fingerprint density at radius 2 is 1.73 bits per heavy atom. The molecule has 9 nitrogen and oxygen atoms in total. The van der Waals surface area contributed by atoms with Crippen LogP contribution >= 0.6 is 0 Å². The maximum atomic E-state index is 13.9. The number of amidine groups is 1. The Morgan fingerprint density at radius 3 is 2.29 bits per heavy atom. The first-order valence-electron chi connectivity index (χ1n) is 14.1. The van der Waals surface area contributed by atoms with Crippen LogP contribution in [0.1, 0.15) is 57.3 Å². The van der Waals surface area contributed by atoms with Gasteiger partial charge in [-0.1, -0.05) is 6.42 Å². The molecule has 1 saturated carbocycles. The lowest BCUT2D eigenvalue weighted by atomic mass is 10.0. The van der Waals surface area contributed by atoms with E-state index in [1.54, 1.807) is 24.3 Å². The van der Waals surface area contributed by atoms with E-state index in [2.05, 4.69) is 51.4 Å². The largest absolute Gasteiger partial charge is 0.421 e. The summed E-state index contributed by atoms with van der Waals surface area (Å²) >= 11 is 0. The number of aliphatic imine (C=N–C) groups is 2. The minimum atomic E-state index is -4.73. The van der Waals surface area contributed by atoms with Gasteiger partial charge in [0.05, 0.1) is 5.92 Å². The van der Waals surface area contributed by atoms with Crippen molar-refractivity contribution < 1.29 is 22.8 Å². The van der Waals surface area contributed by atoms with Crippen LogP contribution in [-0.2, 0) is 4.79 Å². The van der Waals surface area contributed by atoms with Gasteiger partial charge in [-0.15, -0.1) is 0 Å². The SMILES string of the molecule is C=N/C=C(\C(=N/CNc1ccc(C(=O)N2CCN(C(C)C)CC2)cc1)NC1CCCC1C(=O)NC(C)C)C(F)(F)F. The molecule has 3 rings (SSSR count). The Bertz CT molecular complexity index is 1110. The van der Waals surface area contributed by atoms with Crippen LogP contribution in [-0.4, -0.2) is 91.3 Å². The van der Waals surface area contributed by atoms with Crippen LogP contribution in [0.15, 0.2) is 46.0 Å². The van der Waals surface area contributed by atoms with Gasteiger partial charge in [0.1, 0.15) is 18.1 Å². The lowest BCUT2D eigenvalue weighted by Crippen LogP contribution is -2.50. The highest BCUT2D eigenvalue weighted by molar-refractivity contribution is 6.00. The summed E-state index contributed by atoms with van der Waals surface area (Å²) in [6.07, 6.45) is -2.28. The van der Waals surface area contributed by atoms with Crippen LogP contribution in [0.3, 0.4) is 0 Å². The van der Waals surface area contributed by atoms with E-state index in [-0.39, 0.29) is 24.5 Å². The normalized spacial score (nSPS) is 20.9. The van der Waals surface area contributed by atoms with Crippen molar-refractivity contribution in [2.45, 2.75) is 71.3 Å². The van der Waals surface area contributed by atoms with Gasteiger partial charge in [0.2, 0.25) is 5.91 Å². The minimum absolute atomic E-state index is 0.0473. The number of benzene rings is 1. The average Bonchev–Trinajstić information content (AvgIpc) is 3.38. The molecule has 1 aromatic carbocycles. The molecule has 1 aromatic rings. The molecular formula is C29H42F3N7O2. The summed E-state index contributed by atoms with van der Waals surface area (Å²) in [6.45, 7) is 13.9. The fourth-order valence-electron chi connectivity index (χ4n) is 5.15. The third-order valence-electron chi connectivity index (χ3n) is 7.37. The molecule has 2 fully saturated rings. The lowest BCUT2D eigenvalue weighted by molar-refractivity contribution is -0.125. The lowest BCUT2D eigenvalue weighted by Gasteiger charge is -2.37. The quantitative estimate of drug-likeness (QED) is 0.288. The number of anilines is 1. The molecular weight excluding hydrogens is 535 g/mol. The number of rotatable bonds is 10. The molecule has 0 spiro atoms. The second kappa shape index (κ2) is 14.5. The Kier molecular flexibility index (Phi) is 11.3. The van der Waals surface area contributed by atoms with Gasteiger partial charge in [-0.3, -0.25) is 19.5 Å². The molecule has 3 N–H and O–H groups in total. The first kappa shape index (κ1) is 32.1. The van der Waals surface area contributed by atoms with Crippen molar-refractivity contribution in [2.24, 2.45) is 15.9 Å². The van der Waals surface area contributed by atoms with E-state index in [4.69, 9.17) is 0 Å². The van der Waals surface area contributed by atoms with E-state index in [1.165, 1.54) is 0 Å². The molecule has 1 heterocycles. The molecule has 0 radical (unpaired) electrons. The zero-order valence-electron chi connectivity index (χ0n) is 24.3. The van der Waals surface area contributed by atoms with Crippen molar-refractivity contribution in [3.8, 4) is 0 Å². The average molecular weight is 578 g/mol. The number of carbonyl (C=O) groups excluding carboxylic acids is 2. The molecule has 12 heteroatoms. The molecule has 2 atom stereocenters. The molecule has 1 saturated heterocycles. The number of hydrogen-bond acceptors (Lipinski definition) is 6. The second-order valence-electron chi connectivity index (χ2n) is 11.0. The van der Waals surface area contributed by atoms with Gasteiger partial charge in [-0.05, 0) is 71.5 Å². The third-order valence-corrected chi connectivity index (χ3v) is 7.37. The van der Waals surface area contributed by atoms with Gasteiger partial charge in [-0.25, -0.2) is 4.99 Å². The molecule has 226 valence electrons. The molecule has 2 unspecified atom stereocenters. The molecule has 1 aliphatic heterocycles. The number of piperazine rings is 1. The summed E-state index contributed by atoms with van der Waals surface area (Å²) in [5, 5.41) is 8.73. The molecule has 2 amide bonds. The first-order valence-corrected chi connectivity index (χ1v) is 14.1. The Hall–Kier alpha value is -3.41. The van der Waals surface area contributed by atoms with E-state index in [0.29, 0.717) is 55.8 Å². The molecule has 0 bridgehead atoms. The Morgan fingerprint density at radius 1 is 1.07 bits per heavy atom. The standard InChI is InChI=1S/C29H42F3N7O2/c1-19(2)36-27(40)23-7-6-8-25(23)37-26(24(17-33-5)29(30,31)32)35-18-34-22-11-9-21(10-12-22)28(41)39-15-13-38(14-16-39)20(3)4/h9-12,17,19-20,23,25,34H,5-8,13-16,18H2,1-4H3,(H,35,37)(H,36,40)/b24-17+. The van der Waals surface area contributed by atoms with E-state index in [0.717, 1.165) is 13.1 Å². The number of halogens is 3. The number of nitrogens with one attached hydrogen (secondary N) is 3. The summed E-state index contributed by atoms with van der Waals surface area (Å²) < 4.78 is 41.8. The Balaban J connectivity index is 1.69. The first-order chi connectivity index (χ1) is 19.4. The summed E-state index contributed by atoms with van der Waals surface area (Å²) in [5.74, 6) is -1.11. The third kappa shape index (κ3) is 9.04. The van der Waals surface area contributed by atoms with Crippen LogP contribution in [0.5, 0.6) is 0 Å². The van der Waals surface area contributed by atoms with Gasteiger partial charge in [0.15, 0.2) is 0 Å². The van der Waals surface area contributed by atoms with Crippen LogP contribution in [0, 0.1) is 5.92 Å². The van der Waals surface area contributed by atoms with Crippen molar-refractivity contribution >= 4 is 30.1 Å². The number of alkyl halides is 3. The van der Waals surface area contributed by atoms with Crippen molar-refractivity contribution in [1.29, 1.82) is 0 Å². The van der Waals surface area contributed by atoms with Gasteiger partial charge >= 0.3 is 6.18 Å². The fourth-order valence-corrected chi connectivity index (χ4v) is 5.15. The highest BCUT2D eigenvalue weighted by atomic mass is 19.4. The highest BCUT2D eigenvalue weighted by Gasteiger charge is 2.40. The maximum absolute atomic E-state index is 13.9. The number of amides is 2. The Labute approximate surface area is 240 Å². The number of hydrogen-bond donors (Lipinski definition) is 3. The molecule has 41 heavy (non-hydrogen) atoms. The van der Waals surface area contributed by atoms with Crippen molar-refractivity contribution in [1.82, 2.24) is 20.4 Å². The van der Waals surface area contributed by atoms with E-state index in [9.17, 15) is 22.8 Å². The maximum Gasteiger partial charge on any atom is 0.421 e. The summed E-state index contributed by atoms with van der Waals surface area (Å²) in [5.41, 5.74) is 0.0807. The van der Waals surface area contributed by atoms with Crippen molar-refractivity contribution in [3.63, 3.8) is 0 Å². The summed E-state index contributed by atoms with van der Waals surface area (Å²) in [7, 11) is 0. The van der Waals surface area contributed by atoms with E-state index >= 15 is 0 Å². The zero-order valence-corrected chi connectivity index (χ0v) is 24.3. The van der Waals surface area contributed by atoms with Gasteiger partial charge < -0.3 is 20.9 Å². The van der Waals surface area contributed by atoms with Gasteiger partial charge in [0.25, 0.3) is 5.91 Å². The van der Waals surface area contributed by atoms with E-state index < -0.39 is 29.5 Å². The molecule has 2 aliphatic rings. The van der Waals surface area contributed by atoms with Crippen LogP contribution in [0.2, 0.25) is 0 Å². The topological polar surface area (TPSA) is 101 Å². The molecule has 1 aliphatic carbocycles. The summed E-state index contributed by atoms with van der Waals surface area (Å²) in [6, 6.07) is 6.66. The van der Waals surface area contributed by atoms with Crippen molar-refractivity contribution in [3.05, 3.63) is 41.6 Å². The van der Waals surface area contributed by atoms with Crippen molar-refractivity contribution in [2.75, 3.05) is 38.2 Å². The van der Waals surface area contributed by atoms with Crippen LogP contribution in [0.4, 0.5) is 18.9 Å². The smallest absolute Gasteiger partial charge is 0.366 e. The van der Waals surface area contributed by atoms with Crippen LogP contribution < -0.4 is 16.0 Å². The number of nitrogens with zero attached hydrogens (tertiary/aromatic N) is 4. The highest BCUT2D eigenvalue weighted by Crippen LogP contribution is 2.30. The van der Waals surface area contributed by atoms with Gasteiger partial charge in [-0.2, -0.15) is 13.2 Å². The number of carbonyl (C=O) groups is 2. The second-order valence-corrected chi connectivity index (χ2v) is 11.0.